The third-order valence-corrected chi connectivity index (χ3v) is 4.98. The fourth-order valence-corrected chi connectivity index (χ4v) is 4.02. The van der Waals surface area contributed by atoms with Gasteiger partial charge in [-0.3, -0.25) is 0 Å². The number of allylic oxidation sites excluding steroid dienone is 1. The van der Waals surface area contributed by atoms with E-state index >= 15 is 0 Å². The number of nitrogens with one attached hydrogen (secondary N) is 1. The second-order valence-corrected chi connectivity index (χ2v) is 6.02. The third-order valence-electron chi connectivity index (χ3n) is 4.98. The lowest BCUT2D eigenvalue weighted by molar-refractivity contribution is 0.0594. The molecule has 0 unspecified atom stereocenters. The summed E-state index contributed by atoms with van der Waals surface area (Å²) in [5, 5.41) is 0. The molecule has 22 heavy (non-hydrogen) atoms. The van der Waals surface area contributed by atoms with Gasteiger partial charge in [0.05, 0.1) is 12.8 Å². The van der Waals surface area contributed by atoms with Gasteiger partial charge in [-0.05, 0) is 42.0 Å². The summed E-state index contributed by atoms with van der Waals surface area (Å²) in [6, 6.07) is 10.6. The summed E-state index contributed by atoms with van der Waals surface area (Å²) in [4.78, 5) is 15.2. The highest BCUT2D eigenvalue weighted by Crippen LogP contribution is 2.51. The molecule has 112 valence electrons. The van der Waals surface area contributed by atoms with E-state index in [0.717, 1.165) is 25.0 Å². The zero-order valence-corrected chi connectivity index (χ0v) is 12.9. The van der Waals surface area contributed by atoms with Gasteiger partial charge in [0.25, 0.3) is 0 Å². The second kappa shape index (κ2) is 4.87. The summed E-state index contributed by atoms with van der Waals surface area (Å²) < 4.78 is 4.86. The summed E-state index contributed by atoms with van der Waals surface area (Å²) in [5.74, 6) is 0.128. The van der Waals surface area contributed by atoms with Crippen LogP contribution in [0.4, 0.5) is 0 Å². The summed E-state index contributed by atoms with van der Waals surface area (Å²) in [5.41, 5.74) is 8.50. The van der Waals surface area contributed by atoms with Crippen LogP contribution in [0.5, 0.6) is 0 Å². The van der Waals surface area contributed by atoms with Gasteiger partial charge in [-0.1, -0.05) is 36.8 Å². The van der Waals surface area contributed by atoms with Gasteiger partial charge in [0.1, 0.15) is 5.69 Å². The molecule has 3 nitrogen and oxygen atoms in total. The molecule has 0 spiro atoms. The molecule has 2 aliphatic rings. The predicted molar refractivity (Wildman–Crippen MR) is 85.9 cm³/mol. The van der Waals surface area contributed by atoms with Crippen LogP contribution in [0, 0.1) is 0 Å². The van der Waals surface area contributed by atoms with Crippen molar-refractivity contribution < 1.29 is 9.53 Å². The number of carbonyl (C=O) groups is 1. The predicted octanol–water partition coefficient (Wildman–Crippen LogP) is 4.06. The Labute approximate surface area is 130 Å². The molecular formula is C19H19NO2. The number of carbonyl (C=O) groups excluding carboxylic acids is 1. The first-order valence-electron chi connectivity index (χ1n) is 7.87. The molecule has 1 aromatic carbocycles. The Balaban J connectivity index is 1.92. The number of aromatic nitrogens is 1. The summed E-state index contributed by atoms with van der Waals surface area (Å²) in [7, 11) is 1.42. The van der Waals surface area contributed by atoms with Crippen molar-refractivity contribution in [2.75, 3.05) is 7.11 Å². The Kier molecular flexibility index (Phi) is 2.96. The lowest BCUT2D eigenvalue weighted by atomic mass is 9.83. The van der Waals surface area contributed by atoms with E-state index in [1.54, 1.807) is 0 Å². The number of esters is 1. The van der Waals surface area contributed by atoms with Crippen LogP contribution < -0.4 is 0 Å². The number of fused-ring (bicyclic) bond motifs is 4. The molecular weight excluding hydrogens is 274 g/mol. The number of H-pyrrole nitrogens is 1. The van der Waals surface area contributed by atoms with Crippen molar-refractivity contribution in [2.24, 2.45) is 0 Å². The van der Waals surface area contributed by atoms with Crippen LogP contribution >= 0.6 is 0 Å². The van der Waals surface area contributed by atoms with E-state index in [-0.39, 0.29) is 5.97 Å². The van der Waals surface area contributed by atoms with E-state index < -0.39 is 0 Å². The van der Waals surface area contributed by atoms with Crippen LogP contribution in [0.25, 0.3) is 5.57 Å². The molecule has 0 aliphatic heterocycles. The topological polar surface area (TPSA) is 42.1 Å². The van der Waals surface area contributed by atoms with E-state index in [2.05, 4.69) is 36.2 Å². The lowest BCUT2D eigenvalue weighted by Crippen LogP contribution is -2.07. The van der Waals surface area contributed by atoms with Gasteiger partial charge in [0, 0.05) is 11.5 Å². The van der Waals surface area contributed by atoms with Crippen molar-refractivity contribution in [3.8, 4) is 0 Å². The van der Waals surface area contributed by atoms with Crippen molar-refractivity contribution in [1.82, 2.24) is 4.98 Å². The number of rotatable bonds is 2. The summed E-state index contributed by atoms with van der Waals surface area (Å²) in [6.45, 7) is 2.22. The van der Waals surface area contributed by atoms with Gasteiger partial charge in [0.2, 0.25) is 0 Å². The number of aryl methyl sites for hydroxylation is 1. The number of hydrogen-bond donors (Lipinski definition) is 1. The number of ether oxygens (including phenoxy) is 1. The van der Waals surface area contributed by atoms with Crippen molar-refractivity contribution >= 4 is 11.5 Å². The average Bonchev–Trinajstić information content (AvgIpc) is 3.10. The Morgan fingerprint density at radius 1 is 1.32 bits per heavy atom. The molecule has 0 saturated heterocycles. The number of aromatic amines is 1. The van der Waals surface area contributed by atoms with E-state index in [9.17, 15) is 4.79 Å². The minimum absolute atomic E-state index is 0.296. The molecule has 2 aromatic rings. The first-order valence-corrected chi connectivity index (χ1v) is 7.87. The smallest absolute Gasteiger partial charge is 0.354 e. The first kappa shape index (κ1) is 13.4. The van der Waals surface area contributed by atoms with E-state index in [4.69, 9.17) is 4.74 Å². The molecule has 4 rings (SSSR count). The molecule has 0 radical (unpaired) electrons. The molecule has 1 atom stereocenters. The first-order chi connectivity index (χ1) is 10.7. The van der Waals surface area contributed by atoms with Gasteiger partial charge in [-0.25, -0.2) is 4.79 Å². The van der Waals surface area contributed by atoms with Crippen LogP contribution in [0.3, 0.4) is 0 Å². The van der Waals surface area contributed by atoms with Gasteiger partial charge in [-0.15, -0.1) is 0 Å². The second-order valence-electron chi connectivity index (χ2n) is 6.02. The van der Waals surface area contributed by atoms with E-state index in [1.807, 2.05) is 6.07 Å². The fraction of sp³-hybridized carbons (Fsp3) is 0.316. The van der Waals surface area contributed by atoms with Gasteiger partial charge < -0.3 is 9.72 Å². The van der Waals surface area contributed by atoms with Crippen LogP contribution in [-0.2, 0) is 11.2 Å². The highest BCUT2D eigenvalue weighted by molar-refractivity contribution is 5.94. The standard InChI is InChI=1S/C19H19NO2/c1-3-12-14-9-8-11-6-4-5-7-13(11)17(14)18-15(12)10-16(20-18)19(21)22-2/h4-7,10,12,20H,3,8-9H2,1-2H3/t12-/m1/s1. The summed E-state index contributed by atoms with van der Waals surface area (Å²) >= 11 is 0. The SMILES string of the molecule is CC[C@@H]1C2=C(c3ccccc3CC2)c2[nH]c(C(=O)OC)cc21. The number of hydrogen-bond acceptors (Lipinski definition) is 2. The lowest BCUT2D eigenvalue weighted by Gasteiger charge is -2.22. The quantitative estimate of drug-likeness (QED) is 0.849. The highest BCUT2D eigenvalue weighted by atomic mass is 16.5. The molecule has 0 bridgehead atoms. The molecule has 0 saturated carbocycles. The average molecular weight is 293 g/mol. The molecule has 1 heterocycles. The summed E-state index contributed by atoms with van der Waals surface area (Å²) in [6.07, 6.45) is 3.28. The van der Waals surface area contributed by atoms with Gasteiger partial charge >= 0.3 is 5.97 Å². The monoisotopic (exact) mass is 293 g/mol. The largest absolute Gasteiger partial charge is 0.464 e. The van der Waals surface area contributed by atoms with Crippen molar-refractivity contribution in [1.29, 1.82) is 0 Å². The Morgan fingerprint density at radius 2 is 2.14 bits per heavy atom. The van der Waals surface area contributed by atoms with Crippen molar-refractivity contribution in [3.63, 3.8) is 0 Å². The Morgan fingerprint density at radius 3 is 2.91 bits per heavy atom. The fourth-order valence-electron chi connectivity index (χ4n) is 4.02. The Bertz CT molecular complexity index is 798. The van der Waals surface area contributed by atoms with Crippen molar-refractivity contribution in [3.05, 3.63) is 64.0 Å². The van der Waals surface area contributed by atoms with E-state index in [1.165, 1.54) is 34.9 Å². The molecule has 2 aliphatic carbocycles. The number of benzene rings is 1. The van der Waals surface area contributed by atoms with Crippen LogP contribution in [-0.4, -0.2) is 18.1 Å². The van der Waals surface area contributed by atoms with Crippen LogP contribution in [0.2, 0.25) is 0 Å². The van der Waals surface area contributed by atoms with E-state index in [0.29, 0.717) is 11.6 Å². The molecule has 3 heteroatoms. The molecule has 1 N–H and O–H groups in total. The molecule has 1 aromatic heterocycles. The minimum atomic E-state index is -0.296. The maximum Gasteiger partial charge on any atom is 0.354 e. The molecule has 0 fully saturated rings. The van der Waals surface area contributed by atoms with Crippen molar-refractivity contribution in [2.45, 2.75) is 32.1 Å². The van der Waals surface area contributed by atoms with Gasteiger partial charge in [-0.2, -0.15) is 0 Å². The van der Waals surface area contributed by atoms with Gasteiger partial charge in [0.15, 0.2) is 0 Å². The van der Waals surface area contributed by atoms with Crippen LogP contribution in [0.15, 0.2) is 35.9 Å². The zero-order chi connectivity index (χ0) is 15.3. The third kappa shape index (κ3) is 1.71. The maximum atomic E-state index is 11.9. The van der Waals surface area contributed by atoms with Crippen LogP contribution in [0.1, 0.15) is 58.6 Å². The maximum absolute atomic E-state index is 11.9. The highest BCUT2D eigenvalue weighted by Gasteiger charge is 2.36. The Hall–Kier alpha value is -2.29. The normalized spacial score (nSPS) is 18.7. The molecule has 0 amide bonds. The zero-order valence-electron chi connectivity index (χ0n) is 12.9. The minimum Gasteiger partial charge on any atom is -0.464 e. The number of methoxy groups -OCH3 is 1.